The van der Waals surface area contributed by atoms with Gasteiger partial charge < -0.3 is 9.84 Å². The predicted octanol–water partition coefficient (Wildman–Crippen LogP) is 3.30. The van der Waals surface area contributed by atoms with Gasteiger partial charge in [-0.05, 0) is 33.6 Å². The maximum atomic E-state index is 12.0. The Balaban J connectivity index is 4.40. The molecule has 0 aromatic carbocycles. The van der Waals surface area contributed by atoms with Crippen molar-refractivity contribution >= 4 is 5.97 Å². The van der Waals surface area contributed by atoms with Crippen LogP contribution in [0.2, 0.25) is 0 Å². The summed E-state index contributed by atoms with van der Waals surface area (Å²) in [6.45, 7) is 9.57. The normalized spacial score (nSPS) is 15.4. The van der Waals surface area contributed by atoms with Gasteiger partial charge in [0.15, 0.2) is 0 Å². The molecule has 0 rings (SSSR count). The largest absolute Gasteiger partial charge is 0.460 e. The number of esters is 1. The molecule has 0 aliphatic heterocycles. The Hall–Kier alpha value is -0.570. The lowest BCUT2D eigenvalue weighted by Gasteiger charge is -2.26. The highest BCUT2D eigenvalue weighted by atomic mass is 16.6. The van der Waals surface area contributed by atoms with Crippen LogP contribution in [0.15, 0.2) is 0 Å². The highest BCUT2D eigenvalue weighted by molar-refractivity contribution is 5.73. The molecule has 0 amide bonds. The van der Waals surface area contributed by atoms with Gasteiger partial charge in [-0.2, -0.15) is 0 Å². The minimum atomic E-state index is -0.582. The number of ether oxygens (including phenoxy) is 1. The van der Waals surface area contributed by atoms with E-state index in [0.29, 0.717) is 6.42 Å². The first-order valence-electron chi connectivity index (χ1n) is 6.72. The van der Waals surface area contributed by atoms with Crippen molar-refractivity contribution in [1.82, 2.24) is 0 Å². The van der Waals surface area contributed by atoms with Gasteiger partial charge in [0.2, 0.25) is 0 Å². The summed E-state index contributed by atoms with van der Waals surface area (Å²) >= 11 is 0. The smallest absolute Gasteiger partial charge is 0.312 e. The molecule has 0 fully saturated rings. The number of unbranched alkanes of at least 4 members (excludes halogenated alkanes) is 2. The molecule has 0 unspecified atom stereocenters. The van der Waals surface area contributed by atoms with Crippen LogP contribution in [0.3, 0.4) is 0 Å². The molecule has 1 N–H and O–H groups in total. The van der Waals surface area contributed by atoms with Crippen LogP contribution in [0.1, 0.15) is 66.7 Å². The topological polar surface area (TPSA) is 46.5 Å². The molecule has 2 atom stereocenters. The van der Waals surface area contributed by atoms with Crippen molar-refractivity contribution in [3.63, 3.8) is 0 Å². The van der Waals surface area contributed by atoms with Crippen molar-refractivity contribution < 1.29 is 14.6 Å². The lowest BCUT2D eigenvalue weighted by molar-refractivity contribution is -0.164. The van der Waals surface area contributed by atoms with E-state index in [-0.39, 0.29) is 11.9 Å². The lowest BCUT2D eigenvalue weighted by atomic mass is 9.93. The van der Waals surface area contributed by atoms with Crippen LogP contribution in [-0.4, -0.2) is 22.8 Å². The summed E-state index contributed by atoms with van der Waals surface area (Å²) in [5, 5.41) is 9.88. The van der Waals surface area contributed by atoms with E-state index in [9.17, 15) is 9.90 Å². The Morgan fingerprint density at radius 2 is 1.82 bits per heavy atom. The van der Waals surface area contributed by atoms with Crippen LogP contribution in [0.25, 0.3) is 0 Å². The quantitative estimate of drug-likeness (QED) is 0.552. The molecular weight excluding hydrogens is 216 g/mol. The molecule has 0 saturated carbocycles. The van der Waals surface area contributed by atoms with Crippen molar-refractivity contribution in [2.24, 2.45) is 5.92 Å². The summed E-state index contributed by atoms with van der Waals surface area (Å²) in [4.78, 5) is 12.0. The minimum absolute atomic E-state index is 0.261. The standard InChI is InChI=1S/C14H28O3/c1-6-8-9-10-11(12(15)7-2)13(16)17-14(3,4)5/h11-12,15H,6-10H2,1-5H3/t11-,12+/m0/s1. The van der Waals surface area contributed by atoms with E-state index in [4.69, 9.17) is 4.74 Å². The molecule has 0 aliphatic carbocycles. The van der Waals surface area contributed by atoms with E-state index < -0.39 is 11.7 Å². The van der Waals surface area contributed by atoms with Crippen molar-refractivity contribution in [2.75, 3.05) is 0 Å². The van der Waals surface area contributed by atoms with Crippen molar-refractivity contribution in [3.8, 4) is 0 Å². The van der Waals surface area contributed by atoms with Gasteiger partial charge in [-0.15, -0.1) is 0 Å². The van der Waals surface area contributed by atoms with Crippen molar-refractivity contribution in [2.45, 2.75) is 78.4 Å². The third-order valence-corrected chi connectivity index (χ3v) is 2.71. The summed E-state index contributed by atoms with van der Waals surface area (Å²) in [5.41, 5.74) is -0.479. The maximum Gasteiger partial charge on any atom is 0.312 e. The van der Waals surface area contributed by atoms with E-state index in [1.165, 1.54) is 0 Å². The van der Waals surface area contributed by atoms with Crippen molar-refractivity contribution in [1.29, 1.82) is 0 Å². The zero-order valence-corrected chi connectivity index (χ0v) is 12.0. The zero-order chi connectivity index (χ0) is 13.5. The molecule has 3 nitrogen and oxygen atoms in total. The second-order valence-corrected chi connectivity index (χ2v) is 5.61. The Morgan fingerprint density at radius 1 is 1.24 bits per heavy atom. The van der Waals surface area contributed by atoms with Crippen LogP contribution in [0, 0.1) is 5.92 Å². The van der Waals surface area contributed by atoms with Gasteiger partial charge in [-0.3, -0.25) is 4.79 Å². The van der Waals surface area contributed by atoms with E-state index in [2.05, 4.69) is 6.92 Å². The number of aliphatic hydroxyl groups excluding tert-OH is 1. The molecule has 0 saturated heterocycles. The summed E-state index contributed by atoms with van der Waals surface area (Å²) in [5.74, 6) is -0.631. The minimum Gasteiger partial charge on any atom is -0.460 e. The van der Waals surface area contributed by atoms with Crippen LogP contribution in [-0.2, 0) is 9.53 Å². The SMILES string of the molecule is CCCCC[C@H](C(=O)OC(C)(C)C)[C@H](O)CC. The van der Waals surface area contributed by atoms with Crippen LogP contribution < -0.4 is 0 Å². The lowest BCUT2D eigenvalue weighted by Crippen LogP contribution is -2.34. The Labute approximate surface area is 106 Å². The zero-order valence-electron chi connectivity index (χ0n) is 12.0. The highest BCUT2D eigenvalue weighted by Crippen LogP contribution is 2.21. The van der Waals surface area contributed by atoms with Gasteiger partial charge in [0.1, 0.15) is 5.60 Å². The number of hydrogen-bond donors (Lipinski definition) is 1. The second-order valence-electron chi connectivity index (χ2n) is 5.61. The molecule has 0 spiro atoms. The van der Waals surface area contributed by atoms with E-state index in [1.54, 1.807) is 0 Å². The number of carbonyl (C=O) groups is 1. The van der Waals surface area contributed by atoms with Crippen LogP contribution >= 0.6 is 0 Å². The fourth-order valence-corrected chi connectivity index (χ4v) is 1.74. The third-order valence-electron chi connectivity index (χ3n) is 2.71. The van der Waals surface area contributed by atoms with Gasteiger partial charge in [0.25, 0.3) is 0 Å². The average molecular weight is 244 g/mol. The molecule has 0 bridgehead atoms. The third kappa shape index (κ3) is 7.37. The molecular formula is C14H28O3. The molecule has 0 aromatic rings. The van der Waals surface area contributed by atoms with E-state index in [0.717, 1.165) is 25.7 Å². The second kappa shape index (κ2) is 7.70. The molecule has 0 heterocycles. The molecule has 3 heteroatoms. The van der Waals surface area contributed by atoms with Gasteiger partial charge in [0.05, 0.1) is 12.0 Å². The maximum absolute atomic E-state index is 12.0. The Kier molecular flexibility index (Phi) is 7.44. The van der Waals surface area contributed by atoms with Gasteiger partial charge in [-0.25, -0.2) is 0 Å². The average Bonchev–Trinajstić information content (AvgIpc) is 2.20. The van der Waals surface area contributed by atoms with Gasteiger partial charge in [0, 0.05) is 0 Å². The van der Waals surface area contributed by atoms with Gasteiger partial charge in [-0.1, -0.05) is 33.1 Å². The number of hydrogen-bond acceptors (Lipinski definition) is 3. The van der Waals surface area contributed by atoms with E-state index in [1.807, 2.05) is 27.7 Å². The summed E-state index contributed by atoms with van der Waals surface area (Å²) < 4.78 is 5.35. The fraction of sp³-hybridized carbons (Fsp3) is 0.929. The summed E-state index contributed by atoms with van der Waals surface area (Å²) in [6, 6.07) is 0. The number of aliphatic hydroxyl groups is 1. The Bertz CT molecular complexity index is 218. The first-order chi connectivity index (χ1) is 7.81. The predicted molar refractivity (Wildman–Crippen MR) is 69.8 cm³/mol. The molecule has 0 aliphatic rings. The van der Waals surface area contributed by atoms with Crippen LogP contribution in [0.5, 0.6) is 0 Å². The molecule has 102 valence electrons. The van der Waals surface area contributed by atoms with E-state index >= 15 is 0 Å². The fourth-order valence-electron chi connectivity index (χ4n) is 1.74. The summed E-state index contributed by atoms with van der Waals surface area (Å²) in [6.07, 6.45) is 3.91. The highest BCUT2D eigenvalue weighted by Gasteiger charge is 2.29. The Morgan fingerprint density at radius 3 is 2.24 bits per heavy atom. The summed E-state index contributed by atoms with van der Waals surface area (Å²) in [7, 11) is 0. The number of rotatable bonds is 7. The molecule has 0 radical (unpaired) electrons. The number of carbonyl (C=O) groups excluding carboxylic acids is 1. The molecule has 17 heavy (non-hydrogen) atoms. The monoisotopic (exact) mass is 244 g/mol. The van der Waals surface area contributed by atoms with Gasteiger partial charge >= 0.3 is 5.97 Å². The molecule has 0 aromatic heterocycles. The van der Waals surface area contributed by atoms with Crippen LogP contribution in [0.4, 0.5) is 0 Å². The van der Waals surface area contributed by atoms with Crippen molar-refractivity contribution in [3.05, 3.63) is 0 Å². The first-order valence-corrected chi connectivity index (χ1v) is 6.72. The first kappa shape index (κ1) is 16.4.